The average molecular weight is 365 g/mol. The lowest BCUT2D eigenvalue weighted by Crippen LogP contribution is -2.40. The van der Waals surface area contributed by atoms with E-state index in [1.807, 2.05) is 20.8 Å². The number of halogens is 2. The summed E-state index contributed by atoms with van der Waals surface area (Å²) >= 11 is 11.9. The molecule has 0 heterocycles. The molecule has 2 aromatic rings. The Kier molecular flexibility index (Phi) is 5.52. The van der Waals surface area contributed by atoms with E-state index >= 15 is 0 Å². The molecule has 0 aliphatic carbocycles. The van der Waals surface area contributed by atoms with Gasteiger partial charge < -0.3 is 10.6 Å². The summed E-state index contributed by atoms with van der Waals surface area (Å²) in [4.78, 5) is 24.8. The first-order valence-electron chi connectivity index (χ1n) is 7.35. The fourth-order valence-corrected chi connectivity index (χ4v) is 2.56. The van der Waals surface area contributed by atoms with Crippen molar-refractivity contribution in [1.82, 2.24) is 5.32 Å². The van der Waals surface area contributed by atoms with E-state index < -0.39 is 5.91 Å². The minimum Gasteiger partial charge on any atom is -0.347 e. The molecule has 2 N–H and O–H groups in total. The molecule has 0 unspecified atom stereocenters. The lowest BCUT2D eigenvalue weighted by molar-refractivity contribution is 0.0920. The second kappa shape index (κ2) is 7.24. The Morgan fingerprint density at radius 3 is 2.21 bits per heavy atom. The van der Waals surface area contributed by atoms with Crippen molar-refractivity contribution in [1.29, 1.82) is 0 Å². The van der Waals surface area contributed by atoms with Crippen LogP contribution in [0.25, 0.3) is 0 Å². The highest BCUT2D eigenvalue weighted by atomic mass is 35.5. The highest BCUT2D eigenvalue weighted by Crippen LogP contribution is 2.23. The molecule has 0 radical (unpaired) electrons. The van der Waals surface area contributed by atoms with Gasteiger partial charge in [-0.3, -0.25) is 9.59 Å². The molecular weight excluding hydrogens is 347 g/mol. The van der Waals surface area contributed by atoms with E-state index in [0.717, 1.165) is 0 Å². The van der Waals surface area contributed by atoms with Crippen molar-refractivity contribution in [3.8, 4) is 0 Å². The standard InChI is InChI=1S/C18H18Cl2N2O2/c1-18(2,3)22-17(24)13-6-4-5-7-15(13)21-16(23)12-9-8-11(19)10-14(12)20/h4-10H,1-3H3,(H,21,23)(H,22,24). The highest BCUT2D eigenvalue weighted by molar-refractivity contribution is 6.37. The van der Waals surface area contributed by atoms with E-state index in [-0.39, 0.29) is 22.0 Å². The summed E-state index contributed by atoms with van der Waals surface area (Å²) in [5.74, 6) is -0.673. The van der Waals surface area contributed by atoms with Gasteiger partial charge in [-0.2, -0.15) is 0 Å². The van der Waals surface area contributed by atoms with Crippen LogP contribution in [-0.4, -0.2) is 17.4 Å². The van der Waals surface area contributed by atoms with Crippen molar-refractivity contribution in [2.45, 2.75) is 26.3 Å². The first-order valence-corrected chi connectivity index (χ1v) is 8.11. The topological polar surface area (TPSA) is 58.2 Å². The molecule has 0 aliphatic heterocycles. The van der Waals surface area contributed by atoms with Crippen LogP contribution < -0.4 is 10.6 Å². The number of hydrogen-bond acceptors (Lipinski definition) is 2. The van der Waals surface area contributed by atoms with Gasteiger partial charge in [-0.1, -0.05) is 35.3 Å². The number of para-hydroxylation sites is 1. The monoisotopic (exact) mass is 364 g/mol. The third-order valence-electron chi connectivity index (χ3n) is 3.08. The molecule has 6 heteroatoms. The van der Waals surface area contributed by atoms with E-state index in [1.54, 1.807) is 30.3 Å². The molecule has 0 fully saturated rings. The van der Waals surface area contributed by atoms with Crippen LogP contribution in [0.5, 0.6) is 0 Å². The number of carbonyl (C=O) groups is 2. The SMILES string of the molecule is CC(C)(C)NC(=O)c1ccccc1NC(=O)c1ccc(Cl)cc1Cl. The van der Waals surface area contributed by atoms with Crippen LogP contribution in [0.3, 0.4) is 0 Å². The number of hydrogen-bond donors (Lipinski definition) is 2. The average Bonchev–Trinajstić information content (AvgIpc) is 2.45. The van der Waals surface area contributed by atoms with Gasteiger partial charge >= 0.3 is 0 Å². The van der Waals surface area contributed by atoms with E-state index in [0.29, 0.717) is 16.3 Å². The molecule has 24 heavy (non-hydrogen) atoms. The van der Waals surface area contributed by atoms with Crippen LogP contribution in [0.1, 0.15) is 41.5 Å². The van der Waals surface area contributed by atoms with Crippen LogP contribution in [0.15, 0.2) is 42.5 Å². The third-order valence-corrected chi connectivity index (χ3v) is 3.63. The third kappa shape index (κ3) is 4.73. The van der Waals surface area contributed by atoms with Gasteiger partial charge in [0.05, 0.1) is 21.8 Å². The molecule has 2 aromatic carbocycles. The van der Waals surface area contributed by atoms with Gasteiger partial charge in [-0.25, -0.2) is 0 Å². The quantitative estimate of drug-likeness (QED) is 0.823. The van der Waals surface area contributed by atoms with E-state index in [1.165, 1.54) is 12.1 Å². The maximum Gasteiger partial charge on any atom is 0.257 e. The van der Waals surface area contributed by atoms with E-state index in [4.69, 9.17) is 23.2 Å². The Hall–Kier alpha value is -2.04. The Bertz CT molecular complexity index is 783. The maximum absolute atomic E-state index is 12.4. The minimum absolute atomic E-state index is 0.247. The fourth-order valence-electron chi connectivity index (χ4n) is 2.06. The lowest BCUT2D eigenvalue weighted by Gasteiger charge is -2.21. The first-order chi connectivity index (χ1) is 11.2. The summed E-state index contributed by atoms with van der Waals surface area (Å²) in [6, 6.07) is 11.4. The Morgan fingerprint density at radius 1 is 0.917 bits per heavy atom. The predicted octanol–water partition coefficient (Wildman–Crippen LogP) is 4.77. The lowest BCUT2D eigenvalue weighted by atomic mass is 10.1. The number of nitrogens with one attached hydrogen (secondary N) is 2. The Morgan fingerprint density at radius 2 is 1.58 bits per heavy atom. The largest absolute Gasteiger partial charge is 0.347 e. The van der Waals surface area contributed by atoms with Crippen molar-refractivity contribution in [2.75, 3.05) is 5.32 Å². The second-order valence-corrected chi connectivity index (χ2v) is 7.17. The zero-order valence-corrected chi connectivity index (χ0v) is 15.1. The van der Waals surface area contributed by atoms with Crippen molar-refractivity contribution >= 4 is 40.7 Å². The molecule has 0 spiro atoms. The molecule has 2 rings (SSSR count). The van der Waals surface area contributed by atoms with Gasteiger partial charge in [-0.15, -0.1) is 0 Å². The van der Waals surface area contributed by atoms with Gasteiger partial charge in [-0.05, 0) is 51.1 Å². The zero-order chi connectivity index (χ0) is 17.9. The number of rotatable bonds is 3. The van der Waals surface area contributed by atoms with Crippen LogP contribution in [0.4, 0.5) is 5.69 Å². The molecule has 4 nitrogen and oxygen atoms in total. The van der Waals surface area contributed by atoms with Crippen molar-refractivity contribution < 1.29 is 9.59 Å². The number of benzene rings is 2. The molecule has 0 atom stereocenters. The van der Waals surface area contributed by atoms with Crippen LogP contribution in [0.2, 0.25) is 10.0 Å². The van der Waals surface area contributed by atoms with Crippen LogP contribution >= 0.6 is 23.2 Å². The molecule has 0 aromatic heterocycles. The zero-order valence-electron chi connectivity index (χ0n) is 13.6. The predicted molar refractivity (Wildman–Crippen MR) is 98.1 cm³/mol. The molecule has 2 amide bonds. The van der Waals surface area contributed by atoms with E-state index in [2.05, 4.69) is 10.6 Å². The summed E-state index contributed by atoms with van der Waals surface area (Å²) in [5, 5.41) is 6.29. The van der Waals surface area contributed by atoms with Crippen molar-refractivity contribution in [2.24, 2.45) is 0 Å². The van der Waals surface area contributed by atoms with Crippen LogP contribution in [0, 0.1) is 0 Å². The van der Waals surface area contributed by atoms with Gasteiger partial charge in [0.15, 0.2) is 0 Å². The molecule has 0 bridgehead atoms. The first kappa shape index (κ1) is 18.3. The van der Waals surface area contributed by atoms with Gasteiger partial charge in [0.25, 0.3) is 11.8 Å². The number of carbonyl (C=O) groups excluding carboxylic acids is 2. The highest BCUT2D eigenvalue weighted by Gasteiger charge is 2.19. The normalized spacial score (nSPS) is 11.0. The van der Waals surface area contributed by atoms with Gasteiger partial charge in [0, 0.05) is 10.6 Å². The fraction of sp³-hybridized carbons (Fsp3) is 0.222. The summed E-state index contributed by atoms with van der Waals surface area (Å²) in [5.41, 5.74) is 0.696. The van der Waals surface area contributed by atoms with Crippen molar-refractivity contribution in [3.05, 3.63) is 63.6 Å². The number of anilines is 1. The minimum atomic E-state index is -0.410. The Balaban J connectivity index is 2.27. The van der Waals surface area contributed by atoms with Crippen molar-refractivity contribution in [3.63, 3.8) is 0 Å². The summed E-state index contributed by atoms with van der Waals surface area (Å²) in [6.45, 7) is 5.67. The maximum atomic E-state index is 12.4. The Labute approximate surface area is 151 Å². The summed E-state index contributed by atoms with van der Waals surface area (Å²) < 4.78 is 0. The summed E-state index contributed by atoms with van der Waals surface area (Å²) in [6.07, 6.45) is 0. The summed E-state index contributed by atoms with van der Waals surface area (Å²) in [7, 11) is 0. The van der Waals surface area contributed by atoms with E-state index in [9.17, 15) is 9.59 Å². The molecular formula is C18H18Cl2N2O2. The van der Waals surface area contributed by atoms with Gasteiger partial charge in [0.1, 0.15) is 0 Å². The molecule has 0 saturated heterocycles. The molecule has 126 valence electrons. The van der Waals surface area contributed by atoms with Gasteiger partial charge in [0.2, 0.25) is 0 Å². The number of amides is 2. The molecule has 0 aliphatic rings. The van der Waals surface area contributed by atoms with Crippen LogP contribution in [-0.2, 0) is 0 Å². The second-order valence-electron chi connectivity index (χ2n) is 6.33. The smallest absolute Gasteiger partial charge is 0.257 e. The molecule has 0 saturated carbocycles.